The van der Waals surface area contributed by atoms with E-state index in [1.807, 2.05) is 0 Å². The molecule has 0 amide bonds. The Hall–Kier alpha value is -1.26. The Balaban J connectivity index is 1.57. The van der Waals surface area contributed by atoms with Crippen LogP contribution in [0.15, 0.2) is 18.3 Å². The van der Waals surface area contributed by atoms with Crippen molar-refractivity contribution in [1.29, 1.82) is 0 Å². The number of pyridine rings is 1. The van der Waals surface area contributed by atoms with E-state index in [-0.39, 0.29) is 0 Å². The number of halogens is 3. The minimum Gasteiger partial charge on any atom is -0.370 e. The molecular weight excluding hydrogens is 253 g/mol. The quantitative estimate of drug-likeness (QED) is 0.876. The fourth-order valence-corrected chi connectivity index (χ4v) is 2.66. The molecule has 2 nitrogen and oxygen atoms in total. The third-order valence-corrected chi connectivity index (χ3v) is 4.06. The lowest BCUT2D eigenvalue weighted by Gasteiger charge is -2.16. The summed E-state index contributed by atoms with van der Waals surface area (Å²) in [5, 5.41) is 3.19. The summed E-state index contributed by atoms with van der Waals surface area (Å²) in [4.78, 5) is 3.85. The molecule has 0 unspecified atom stereocenters. The first-order valence-corrected chi connectivity index (χ1v) is 6.81. The van der Waals surface area contributed by atoms with E-state index in [1.54, 1.807) is 0 Å². The van der Waals surface area contributed by atoms with Crippen molar-refractivity contribution >= 4 is 5.82 Å². The van der Waals surface area contributed by atoms with Gasteiger partial charge >= 0.3 is 6.18 Å². The molecule has 1 N–H and O–H groups in total. The van der Waals surface area contributed by atoms with Gasteiger partial charge in [-0.2, -0.15) is 13.2 Å². The topological polar surface area (TPSA) is 24.9 Å². The van der Waals surface area contributed by atoms with E-state index in [1.165, 1.54) is 31.7 Å². The molecule has 0 radical (unpaired) electrons. The highest BCUT2D eigenvalue weighted by molar-refractivity contribution is 5.36. The van der Waals surface area contributed by atoms with Crippen LogP contribution in [-0.2, 0) is 6.18 Å². The van der Waals surface area contributed by atoms with Crippen molar-refractivity contribution in [3.05, 3.63) is 23.9 Å². The van der Waals surface area contributed by atoms with Crippen LogP contribution in [0.2, 0.25) is 0 Å². The summed E-state index contributed by atoms with van der Waals surface area (Å²) in [5.41, 5.74) is -0.695. The minimum atomic E-state index is -4.31. The standard InChI is InChI=1S/C14H17F3N2/c15-14(16,17)11-5-6-13(18-7-11)19-8-12(9-1-2-9)10-3-4-10/h5-7,9-10,12H,1-4,8H2,(H,18,19). The van der Waals surface area contributed by atoms with E-state index >= 15 is 0 Å². The lowest BCUT2D eigenvalue weighted by Crippen LogP contribution is -2.19. The molecule has 0 spiro atoms. The van der Waals surface area contributed by atoms with Gasteiger partial charge in [0.05, 0.1) is 5.56 Å². The lowest BCUT2D eigenvalue weighted by atomic mass is 9.98. The van der Waals surface area contributed by atoms with Crippen LogP contribution in [0.1, 0.15) is 31.2 Å². The number of nitrogens with zero attached hydrogens (tertiary/aromatic N) is 1. The summed E-state index contributed by atoms with van der Waals surface area (Å²) in [6, 6.07) is 2.50. The van der Waals surface area contributed by atoms with Crippen LogP contribution in [0.5, 0.6) is 0 Å². The largest absolute Gasteiger partial charge is 0.417 e. The summed E-state index contributed by atoms with van der Waals surface area (Å²) in [5.74, 6) is 2.88. The number of hydrogen-bond donors (Lipinski definition) is 1. The Morgan fingerprint density at radius 2 is 1.79 bits per heavy atom. The maximum atomic E-state index is 12.4. The molecule has 0 saturated heterocycles. The van der Waals surface area contributed by atoms with Crippen molar-refractivity contribution in [2.75, 3.05) is 11.9 Å². The zero-order chi connectivity index (χ0) is 13.5. The van der Waals surface area contributed by atoms with Crippen molar-refractivity contribution in [3.63, 3.8) is 0 Å². The average molecular weight is 270 g/mol. The van der Waals surface area contributed by atoms with Gasteiger partial charge in [0, 0.05) is 12.7 Å². The molecule has 3 rings (SSSR count). The fourth-order valence-electron chi connectivity index (χ4n) is 2.66. The van der Waals surface area contributed by atoms with Gasteiger partial charge in [-0.05, 0) is 55.6 Å². The third-order valence-electron chi connectivity index (χ3n) is 4.06. The monoisotopic (exact) mass is 270 g/mol. The van der Waals surface area contributed by atoms with E-state index in [9.17, 15) is 13.2 Å². The lowest BCUT2D eigenvalue weighted by molar-refractivity contribution is -0.137. The van der Waals surface area contributed by atoms with Gasteiger partial charge in [-0.1, -0.05) is 0 Å². The molecule has 5 heteroatoms. The van der Waals surface area contributed by atoms with E-state index in [4.69, 9.17) is 0 Å². The van der Waals surface area contributed by atoms with Gasteiger partial charge in [-0.15, -0.1) is 0 Å². The van der Waals surface area contributed by atoms with Gasteiger partial charge in [0.2, 0.25) is 0 Å². The summed E-state index contributed by atoms with van der Waals surface area (Å²) >= 11 is 0. The molecule has 1 aromatic rings. The second kappa shape index (κ2) is 4.69. The van der Waals surface area contributed by atoms with Crippen LogP contribution in [0.4, 0.5) is 19.0 Å². The van der Waals surface area contributed by atoms with Gasteiger partial charge < -0.3 is 5.32 Å². The van der Waals surface area contributed by atoms with Crippen molar-refractivity contribution in [1.82, 2.24) is 4.98 Å². The first kappa shape index (κ1) is 12.8. The Kier molecular flexibility index (Phi) is 3.15. The normalized spacial score (nSPS) is 19.8. The number of aromatic nitrogens is 1. The van der Waals surface area contributed by atoms with Gasteiger partial charge in [-0.25, -0.2) is 4.98 Å². The Morgan fingerprint density at radius 3 is 2.21 bits per heavy atom. The Labute approximate surface area is 110 Å². The second-order valence-electron chi connectivity index (χ2n) is 5.65. The molecule has 1 heterocycles. The summed E-state index contributed by atoms with van der Waals surface area (Å²) in [6.07, 6.45) is 1.82. The van der Waals surface area contributed by atoms with Gasteiger partial charge in [0.1, 0.15) is 5.82 Å². The van der Waals surface area contributed by atoms with Crippen molar-refractivity contribution in [2.45, 2.75) is 31.9 Å². The molecule has 1 aromatic heterocycles. The van der Waals surface area contributed by atoms with Gasteiger partial charge in [0.25, 0.3) is 0 Å². The second-order valence-corrected chi connectivity index (χ2v) is 5.65. The number of rotatable bonds is 5. The highest BCUT2D eigenvalue weighted by atomic mass is 19.4. The van der Waals surface area contributed by atoms with Crippen LogP contribution >= 0.6 is 0 Å². The smallest absolute Gasteiger partial charge is 0.370 e. The zero-order valence-corrected chi connectivity index (χ0v) is 10.6. The van der Waals surface area contributed by atoms with Crippen molar-refractivity contribution < 1.29 is 13.2 Å². The van der Waals surface area contributed by atoms with Crippen molar-refractivity contribution in [3.8, 4) is 0 Å². The van der Waals surface area contributed by atoms with Crippen LogP contribution < -0.4 is 5.32 Å². The van der Waals surface area contributed by atoms with Gasteiger partial charge in [-0.3, -0.25) is 0 Å². The van der Waals surface area contributed by atoms with E-state index in [2.05, 4.69) is 10.3 Å². The zero-order valence-electron chi connectivity index (χ0n) is 10.6. The molecule has 19 heavy (non-hydrogen) atoms. The van der Waals surface area contributed by atoms with Crippen LogP contribution in [0.25, 0.3) is 0 Å². The SMILES string of the molecule is FC(F)(F)c1ccc(NCC(C2CC2)C2CC2)nc1. The third kappa shape index (κ3) is 3.19. The molecule has 0 atom stereocenters. The summed E-state index contributed by atoms with van der Waals surface area (Å²) in [7, 11) is 0. The molecule has 2 saturated carbocycles. The number of anilines is 1. The van der Waals surface area contributed by atoms with Crippen LogP contribution in [-0.4, -0.2) is 11.5 Å². The van der Waals surface area contributed by atoms with Crippen molar-refractivity contribution in [2.24, 2.45) is 17.8 Å². The van der Waals surface area contributed by atoms with E-state index < -0.39 is 11.7 Å². The fraction of sp³-hybridized carbons (Fsp3) is 0.643. The first-order chi connectivity index (χ1) is 9.04. The summed E-state index contributed by atoms with van der Waals surface area (Å²) < 4.78 is 37.2. The van der Waals surface area contributed by atoms with Gasteiger partial charge in [0.15, 0.2) is 0 Å². The molecule has 0 bridgehead atoms. The minimum absolute atomic E-state index is 0.541. The number of nitrogens with one attached hydrogen (secondary N) is 1. The number of hydrogen-bond acceptors (Lipinski definition) is 2. The molecule has 0 aromatic carbocycles. The Bertz CT molecular complexity index is 421. The summed E-state index contributed by atoms with van der Waals surface area (Å²) in [6.45, 7) is 0.841. The molecule has 104 valence electrons. The predicted octanol–water partition coefficient (Wildman–Crippen LogP) is 3.95. The van der Waals surface area contributed by atoms with Crippen LogP contribution in [0.3, 0.4) is 0 Å². The number of alkyl halides is 3. The molecule has 2 fully saturated rings. The maximum Gasteiger partial charge on any atom is 0.417 e. The van der Waals surface area contributed by atoms with E-state index in [0.29, 0.717) is 11.7 Å². The van der Waals surface area contributed by atoms with Crippen LogP contribution in [0, 0.1) is 17.8 Å². The molecular formula is C14H17F3N2. The first-order valence-electron chi connectivity index (χ1n) is 6.81. The molecule has 2 aliphatic carbocycles. The predicted molar refractivity (Wildman–Crippen MR) is 66.7 cm³/mol. The average Bonchev–Trinajstić information content (AvgIpc) is 3.23. The molecule has 2 aliphatic rings. The van der Waals surface area contributed by atoms with E-state index in [0.717, 1.165) is 30.6 Å². The maximum absolute atomic E-state index is 12.4. The molecule has 0 aliphatic heterocycles. The Morgan fingerprint density at radius 1 is 1.16 bits per heavy atom. The highest BCUT2D eigenvalue weighted by Crippen LogP contribution is 2.49. The highest BCUT2D eigenvalue weighted by Gasteiger charge is 2.41.